The lowest BCUT2D eigenvalue weighted by Gasteiger charge is -2.07. The van der Waals surface area contributed by atoms with Gasteiger partial charge < -0.3 is 15.9 Å². The predicted molar refractivity (Wildman–Crippen MR) is 45.2 cm³/mol. The summed E-state index contributed by atoms with van der Waals surface area (Å²) in [6.07, 6.45) is 2.67. The molecule has 70 valence electrons. The van der Waals surface area contributed by atoms with Gasteiger partial charge in [0.1, 0.15) is 0 Å². The number of rotatable bonds is 3. The molecule has 0 amide bonds. The van der Waals surface area contributed by atoms with E-state index in [2.05, 4.69) is 4.98 Å². The number of nitrogens with zero attached hydrogens (tertiary/aromatic N) is 1. The van der Waals surface area contributed by atoms with Crippen LogP contribution in [-0.2, 0) is 0 Å². The number of aromatic nitrogens is 1. The minimum atomic E-state index is -1.06. The second kappa shape index (κ2) is 3.97. The normalized spacial score (nSPS) is 12.5. The molecule has 0 saturated heterocycles. The Morgan fingerprint density at radius 2 is 2.31 bits per heavy atom. The van der Waals surface area contributed by atoms with E-state index in [4.69, 9.17) is 15.9 Å². The lowest BCUT2D eigenvalue weighted by molar-refractivity contribution is 0.0696. The molecule has 0 saturated carbocycles. The number of hydrogen-bond acceptors (Lipinski definition) is 4. The van der Waals surface area contributed by atoms with Gasteiger partial charge in [-0.25, -0.2) is 4.79 Å². The summed E-state index contributed by atoms with van der Waals surface area (Å²) in [5.74, 6) is -1.06. The van der Waals surface area contributed by atoms with E-state index in [0.717, 1.165) is 0 Å². The fourth-order valence-electron chi connectivity index (χ4n) is 0.883. The number of nitrogens with two attached hydrogens (primary N) is 1. The molecule has 1 heterocycles. The van der Waals surface area contributed by atoms with E-state index in [-0.39, 0.29) is 12.2 Å². The highest BCUT2D eigenvalue weighted by Crippen LogP contribution is 2.09. The number of pyridine rings is 1. The third kappa shape index (κ3) is 2.24. The molecule has 0 bridgehead atoms. The Kier molecular flexibility index (Phi) is 2.94. The predicted octanol–water partition coefficient (Wildman–Crippen LogP) is -0.228. The zero-order valence-corrected chi connectivity index (χ0v) is 6.84. The van der Waals surface area contributed by atoms with Crippen molar-refractivity contribution in [1.29, 1.82) is 0 Å². The fraction of sp³-hybridized carbons (Fsp3) is 0.250. The first kappa shape index (κ1) is 9.63. The Hall–Kier alpha value is -1.46. The minimum absolute atomic E-state index is 0.0707. The molecule has 0 aliphatic heterocycles. The van der Waals surface area contributed by atoms with Gasteiger partial charge in [0, 0.05) is 12.4 Å². The van der Waals surface area contributed by atoms with Crippen LogP contribution >= 0.6 is 0 Å². The topological polar surface area (TPSA) is 96.4 Å². The van der Waals surface area contributed by atoms with Crippen LogP contribution in [0.1, 0.15) is 22.0 Å². The first-order valence-corrected chi connectivity index (χ1v) is 3.70. The molecule has 4 N–H and O–H groups in total. The third-order valence-electron chi connectivity index (χ3n) is 1.63. The van der Waals surface area contributed by atoms with E-state index >= 15 is 0 Å². The Balaban J connectivity index is 2.98. The van der Waals surface area contributed by atoms with Gasteiger partial charge in [-0.05, 0) is 11.6 Å². The summed E-state index contributed by atoms with van der Waals surface area (Å²) >= 11 is 0. The number of aliphatic hydroxyl groups excluding tert-OH is 1. The molecule has 0 aliphatic rings. The Bertz CT molecular complexity index is 314. The summed E-state index contributed by atoms with van der Waals surface area (Å²) in [5, 5.41) is 17.3. The van der Waals surface area contributed by atoms with Crippen LogP contribution in [0.15, 0.2) is 18.5 Å². The van der Waals surface area contributed by atoms with Gasteiger partial charge in [-0.2, -0.15) is 0 Å². The van der Waals surface area contributed by atoms with Crippen LogP contribution in [0, 0.1) is 0 Å². The van der Waals surface area contributed by atoms with E-state index < -0.39 is 12.0 Å². The largest absolute Gasteiger partial charge is 0.478 e. The standard InChI is InChI=1S/C8H10N2O3/c9-7(4-11)5-1-6(8(12)13)3-10-2-5/h1-3,7,11H,4,9H2,(H,12,13)/t7-/m1/s1. The number of aromatic carboxylic acids is 1. The quantitative estimate of drug-likeness (QED) is 0.600. The first-order chi connectivity index (χ1) is 6.15. The van der Waals surface area contributed by atoms with E-state index in [1.165, 1.54) is 18.5 Å². The monoisotopic (exact) mass is 182 g/mol. The summed E-state index contributed by atoms with van der Waals surface area (Å²) in [7, 11) is 0. The molecule has 0 spiro atoms. The molecule has 13 heavy (non-hydrogen) atoms. The summed E-state index contributed by atoms with van der Waals surface area (Å²) < 4.78 is 0. The van der Waals surface area contributed by atoms with Crippen molar-refractivity contribution in [3.8, 4) is 0 Å². The van der Waals surface area contributed by atoms with Crippen LogP contribution in [0.4, 0.5) is 0 Å². The van der Waals surface area contributed by atoms with Crippen molar-refractivity contribution in [3.63, 3.8) is 0 Å². The van der Waals surface area contributed by atoms with Crippen LogP contribution in [0.25, 0.3) is 0 Å². The first-order valence-electron chi connectivity index (χ1n) is 3.70. The van der Waals surface area contributed by atoms with E-state index in [1.807, 2.05) is 0 Å². The fourth-order valence-corrected chi connectivity index (χ4v) is 0.883. The number of carbonyl (C=O) groups is 1. The van der Waals surface area contributed by atoms with Gasteiger partial charge in [0.25, 0.3) is 0 Å². The highest BCUT2D eigenvalue weighted by atomic mass is 16.4. The highest BCUT2D eigenvalue weighted by Gasteiger charge is 2.08. The van der Waals surface area contributed by atoms with Crippen molar-refractivity contribution in [2.45, 2.75) is 6.04 Å². The molecular formula is C8H10N2O3. The van der Waals surface area contributed by atoms with Crippen molar-refractivity contribution in [2.24, 2.45) is 5.73 Å². The van der Waals surface area contributed by atoms with Crippen molar-refractivity contribution >= 4 is 5.97 Å². The van der Waals surface area contributed by atoms with Gasteiger partial charge in [-0.15, -0.1) is 0 Å². The Labute approximate surface area is 74.8 Å². The summed E-state index contributed by atoms with van der Waals surface area (Å²) in [5.41, 5.74) is 6.07. The maximum Gasteiger partial charge on any atom is 0.337 e. The summed E-state index contributed by atoms with van der Waals surface area (Å²) in [4.78, 5) is 14.2. The van der Waals surface area contributed by atoms with Crippen LogP contribution in [-0.4, -0.2) is 27.8 Å². The zero-order chi connectivity index (χ0) is 9.84. The van der Waals surface area contributed by atoms with E-state index in [9.17, 15) is 4.79 Å². The maximum atomic E-state index is 10.5. The summed E-state index contributed by atoms with van der Waals surface area (Å²) in [6, 6.07) is 0.822. The molecule has 1 aromatic heterocycles. The van der Waals surface area contributed by atoms with E-state index in [1.54, 1.807) is 0 Å². The second-order valence-corrected chi connectivity index (χ2v) is 2.60. The number of carboxylic acid groups (broad SMARTS) is 1. The van der Waals surface area contributed by atoms with Gasteiger partial charge in [0.05, 0.1) is 18.2 Å². The van der Waals surface area contributed by atoms with Gasteiger partial charge in [-0.3, -0.25) is 4.98 Å². The smallest absolute Gasteiger partial charge is 0.337 e. The van der Waals surface area contributed by atoms with Gasteiger partial charge in [0.15, 0.2) is 0 Å². The average molecular weight is 182 g/mol. The average Bonchev–Trinajstić information content (AvgIpc) is 2.17. The van der Waals surface area contributed by atoms with Gasteiger partial charge in [0.2, 0.25) is 0 Å². The molecule has 5 nitrogen and oxygen atoms in total. The molecule has 0 aliphatic carbocycles. The SMILES string of the molecule is N[C@H](CO)c1cncc(C(=O)O)c1. The minimum Gasteiger partial charge on any atom is -0.478 e. The van der Waals surface area contributed by atoms with Crippen molar-refractivity contribution in [1.82, 2.24) is 4.98 Å². The number of carboxylic acids is 1. The molecular weight excluding hydrogens is 172 g/mol. The third-order valence-corrected chi connectivity index (χ3v) is 1.63. The number of aliphatic hydroxyl groups is 1. The maximum absolute atomic E-state index is 10.5. The molecule has 5 heteroatoms. The molecule has 0 fully saturated rings. The number of hydrogen-bond donors (Lipinski definition) is 3. The zero-order valence-electron chi connectivity index (χ0n) is 6.84. The molecule has 0 aromatic carbocycles. The Morgan fingerprint density at radius 1 is 1.62 bits per heavy atom. The van der Waals surface area contributed by atoms with Gasteiger partial charge >= 0.3 is 5.97 Å². The second-order valence-electron chi connectivity index (χ2n) is 2.60. The van der Waals surface area contributed by atoms with Gasteiger partial charge in [-0.1, -0.05) is 0 Å². The van der Waals surface area contributed by atoms with Crippen molar-refractivity contribution in [2.75, 3.05) is 6.61 Å². The molecule has 1 aromatic rings. The molecule has 1 rings (SSSR count). The van der Waals surface area contributed by atoms with Crippen molar-refractivity contribution < 1.29 is 15.0 Å². The van der Waals surface area contributed by atoms with Crippen molar-refractivity contribution in [3.05, 3.63) is 29.6 Å². The van der Waals surface area contributed by atoms with Crippen LogP contribution in [0.5, 0.6) is 0 Å². The molecule has 1 atom stereocenters. The van der Waals surface area contributed by atoms with Crippen LogP contribution in [0.3, 0.4) is 0 Å². The van der Waals surface area contributed by atoms with Crippen LogP contribution in [0.2, 0.25) is 0 Å². The van der Waals surface area contributed by atoms with Crippen LogP contribution < -0.4 is 5.73 Å². The lowest BCUT2D eigenvalue weighted by Crippen LogP contribution is -2.15. The lowest BCUT2D eigenvalue weighted by atomic mass is 10.1. The molecule has 0 unspecified atom stereocenters. The van der Waals surface area contributed by atoms with E-state index in [0.29, 0.717) is 5.56 Å². The highest BCUT2D eigenvalue weighted by molar-refractivity contribution is 5.87. The Morgan fingerprint density at radius 3 is 2.85 bits per heavy atom. The summed E-state index contributed by atoms with van der Waals surface area (Å²) in [6.45, 7) is -0.231. The molecule has 0 radical (unpaired) electrons.